The van der Waals surface area contributed by atoms with Gasteiger partial charge in [-0.2, -0.15) is 0 Å². The lowest BCUT2D eigenvalue weighted by molar-refractivity contribution is 0.561. The minimum atomic E-state index is -3.05. The number of sulfonamides is 1. The van der Waals surface area contributed by atoms with Crippen molar-refractivity contribution in [2.75, 3.05) is 0 Å². The van der Waals surface area contributed by atoms with Gasteiger partial charge in [-0.3, -0.25) is 0 Å². The second-order valence-electron chi connectivity index (χ2n) is 2.87. The molecule has 0 atom stereocenters. The first-order valence-corrected chi connectivity index (χ1v) is 4.92. The third kappa shape index (κ3) is 3.17. The van der Waals surface area contributed by atoms with E-state index in [4.69, 9.17) is 0 Å². The Morgan fingerprint density at radius 2 is 1.50 bits per heavy atom. The third-order valence-corrected chi connectivity index (χ3v) is 3.06. The Kier molecular flexibility index (Phi) is 3.31. The quantitative estimate of drug-likeness (QED) is 0.670. The molecule has 0 radical (unpaired) electrons. The van der Waals surface area contributed by atoms with Gasteiger partial charge in [0.05, 0.1) is 5.25 Å². The fourth-order valence-corrected chi connectivity index (χ4v) is 1.39. The van der Waals surface area contributed by atoms with Crippen LogP contribution in [0.25, 0.3) is 0 Å². The highest BCUT2D eigenvalue weighted by Crippen LogP contribution is 1.96. The first-order chi connectivity index (χ1) is 4.36. The topological polar surface area (TPSA) is 46.2 Å². The fourth-order valence-electron chi connectivity index (χ4n) is 0.465. The fraction of sp³-hybridized carbons (Fsp3) is 1.00. The van der Waals surface area contributed by atoms with E-state index in [2.05, 4.69) is 4.72 Å². The van der Waals surface area contributed by atoms with Gasteiger partial charge in [0.2, 0.25) is 10.0 Å². The normalized spacial score (nSPS) is 13.0. The number of hydrogen-bond acceptors (Lipinski definition) is 2. The van der Waals surface area contributed by atoms with Crippen LogP contribution < -0.4 is 4.72 Å². The Hall–Kier alpha value is -0.0900. The summed E-state index contributed by atoms with van der Waals surface area (Å²) < 4.78 is 24.6. The SMILES string of the molecule is CC(C)NS(=O)(=O)C(C)C. The highest BCUT2D eigenvalue weighted by molar-refractivity contribution is 7.90. The van der Waals surface area contributed by atoms with Crippen LogP contribution in [0.4, 0.5) is 0 Å². The maximum absolute atomic E-state index is 11.0. The molecule has 0 heterocycles. The van der Waals surface area contributed by atoms with Crippen LogP contribution >= 0.6 is 0 Å². The summed E-state index contributed by atoms with van der Waals surface area (Å²) >= 11 is 0. The van der Waals surface area contributed by atoms with Gasteiger partial charge < -0.3 is 0 Å². The Bertz CT molecular complexity index is 182. The molecule has 0 unspecified atom stereocenters. The first-order valence-electron chi connectivity index (χ1n) is 3.37. The van der Waals surface area contributed by atoms with Crippen molar-refractivity contribution >= 4 is 10.0 Å². The molecule has 0 rings (SSSR count). The molecule has 0 aliphatic carbocycles. The Labute approximate surface area is 62.9 Å². The average Bonchev–Trinajstić information content (AvgIpc) is 1.60. The summed E-state index contributed by atoms with van der Waals surface area (Å²) in [6.07, 6.45) is 0. The van der Waals surface area contributed by atoms with Crippen LogP contribution in [-0.4, -0.2) is 19.7 Å². The number of rotatable bonds is 3. The van der Waals surface area contributed by atoms with E-state index in [-0.39, 0.29) is 11.3 Å². The summed E-state index contributed by atoms with van der Waals surface area (Å²) in [5.74, 6) is 0. The molecule has 0 amide bonds. The lowest BCUT2D eigenvalue weighted by atomic mass is 10.4. The van der Waals surface area contributed by atoms with E-state index >= 15 is 0 Å². The van der Waals surface area contributed by atoms with Crippen molar-refractivity contribution in [3.63, 3.8) is 0 Å². The Morgan fingerprint density at radius 1 is 1.10 bits per heavy atom. The smallest absolute Gasteiger partial charge is 0.212 e. The van der Waals surface area contributed by atoms with Crippen molar-refractivity contribution in [3.05, 3.63) is 0 Å². The molecule has 10 heavy (non-hydrogen) atoms. The molecule has 62 valence electrons. The zero-order chi connectivity index (χ0) is 8.36. The molecule has 0 aliphatic rings. The molecule has 0 aliphatic heterocycles. The van der Waals surface area contributed by atoms with E-state index in [0.29, 0.717) is 0 Å². The zero-order valence-electron chi connectivity index (χ0n) is 6.88. The Balaban J connectivity index is 4.16. The van der Waals surface area contributed by atoms with Gasteiger partial charge >= 0.3 is 0 Å². The molecule has 0 aromatic carbocycles. The van der Waals surface area contributed by atoms with Crippen molar-refractivity contribution in [1.82, 2.24) is 4.72 Å². The summed E-state index contributed by atoms with van der Waals surface area (Å²) in [5, 5.41) is -0.338. The number of hydrogen-bond donors (Lipinski definition) is 1. The monoisotopic (exact) mass is 165 g/mol. The maximum atomic E-state index is 11.0. The van der Waals surface area contributed by atoms with Crippen LogP contribution in [0.2, 0.25) is 0 Å². The van der Waals surface area contributed by atoms with Gasteiger partial charge in [-0.15, -0.1) is 0 Å². The van der Waals surface area contributed by atoms with E-state index in [9.17, 15) is 8.42 Å². The molecule has 1 N–H and O–H groups in total. The molecule has 0 bridgehead atoms. The molecule has 4 heteroatoms. The van der Waals surface area contributed by atoms with Crippen LogP contribution in [0.5, 0.6) is 0 Å². The second kappa shape index (κ2) is 3.34. The summed E-state index contributed by atoms with van der Waals surface area (Å²) in [4.78, 5) is 0. The second-order valence-corrected chi connectivity index (χ2v) is 5.13. The molecular weight excluding hydrogens is 150 g/mol. The van der Waals surface area contributed by atoms with Crippen molar-refractivity contribution in [2.45, 2.75) is 39.0 Å². The van der Waals surface area contributed by atoms with Crippen LogP contribution in [0, 0.1) is 0 Å². The van der Waals surface area contributed by atoms with Gasteiger partial charge in [-0.25, -0.2) is 13.1 Å². The first kappa shape index (κ1) is 9.91. The number of nitrogens with one attached hydrogen (secondary N) is 1. The molecule has 3 nitrogen and oxygen atoms in total. The third-order valence-electron chi connectivity index (χ3n) is 1.02. The minimum absolute atomic E-state index is 0.00704. The summed E-state index contributed by atoms with van der Waals surface area (Å²) in [5.41, 5.74) is 0. The molecule has 0 saturated carbocycles. The van der Waals surface area contributed by atoms with Crippen LogP contribution in [0.3, 0.4) is 0 Å². The largest absolute Gasteiger partial charge is 0.214 e. The summed E-state index contributed by atoms with van der Waals surface area (Å²) in [7, 11) is -3.05. The molecule has 0 fully saturated rings. The van der Waals surface area contributed by atoms with Crippen LogP contribution in [0.15, 0.2) is 0 Å². The molecular formula is C6H15NO2S. The zero-order valence-corrected chi connectivity index (χ0v) is 7.70. The van der Waals surface area contributed by atoms with Crippen molar-refractivity contribution in [3.8, 4) is 0 Å². The summed E-state index contributed by atoms with van der Waals surface area (Å²) in [6, 6.07) is -0.00704. The van der Waals surface area contributed by atoms with Gasteiger partial charge in [-0.1, -0.05) is 0 Å². The highest BCUT2D eigenvalue weighted by atomic mass is 32.2. The standard InChI is InChI=1S/C6H15NO2S/c1-5(2)7-10(8,9)6(3)4/h5-7H,1-4H3. The van der Waals surface area contributed by atoms with E-state index in [1.165, 1.54) is 0 Å². The van der Waals surface area contributed by atoms with E-state index in [1.54, 1.807) is 27.7 Å². The van der Waals surface area contributed by atoms with E-state index in [0.717, 1.165) is 0 Å². The highest BCUT2D eigenvalue weighted by Gasteiger charge is 2.15. The van der Waals surface area contributed by atoms with Crippen LogP contribution in [-0.2, 0) is 10.0 Å². The molecule has 0 spiro atoms. The lowest BCUT2D eigenvalue weighted by Crippen LogP contribution is -2.35. The van der Waals surface area contributed by atoms with Gasteiger partial charge in [-0.05, 0) is 27.7 Å². The average molecular weight is 165 g/mol. The van der Waals surface area contributed by atoms with E-state index < -0.39 is 10.0 Å². The summed E-state index contributed by atoms with van der Waals surface area (Å²) in [6.45, 7) is 6.93. The van der Waals surface area contributed by atoms with Gasteiger partial charge in [0.1, 0.15) is 0 Å². The predicted octanol–water partition coefficient (Wildman–Crippen LogP) is 0.723. The maximum Gasteiger partial charge on any atom is 0.214 e. The van der Waals surface area contributed by atoms with Crippen LogP contribution in [0.1, 0.15) is 27.7 Å². The molecule has 0 saturated heterocycles. The lowest BCUT2D eigenvalue weighted by Gasteiger charge is -2.11. The van der Waals surface area contributed by atoms with Gasteiger partial charge in [0, 0.05) is 6.04 Å². The van der Waals surface area contributed by atoms with Gasteiger partial charge in [0.25, 0.3) is 0 Å². The van der Waals surface area contributed by atoms with Gasteiger partial charge in [0.15, 0.2) is 0 Å². The van der Waals surface area contributed by atoms with Crippen molar-refractivity contribution in [2.24, 2.45) is 0 Å². The molecule has 0 aromatic heterocycles. The molecule has 0 aromatic rings. The van der Waals surface area contributed by atoms with Crippen molar-refractivity contribution < 1.29 is 8.42 Å². The minimum Gasteiger partial charge on any atom is -0.212 e. The Morgan fingerprint density at radius 3 is 1.60 bits per heavy atom. The van der Waals surface area contributed by atoms with Crippen molar-refractivity contribution in [1.29, 1.82) is 0 Å². The predicted molar refractivity (Wildman–Crippen MR) is 42.3 cm³/mol. The van der Waals surface area contributed by atoms with E-state index in [1.807, 2.05) is 0 Å².